The molecule has 1 fully saturated rings. The average Bonchev–Trinajstić information content (AvgIpc) is 2.49. The minimum Gasteiger partial charge on any atom is -0.391 e. The second-order valence-corrected chi connectivity index (χ2v) is 7.64. The fourth-order valence-corrected chi connectivity index (χ4v) is 4.45. The summed E-state index contributed by atoms with van der Waals surface area (Å²) in [6.45, 7) is 0.880. The van der Waals surface area contributed by atoms with Crippen LogP contribution >= 0.6 is 0 Å². The Hall–Kier alpha value is -1.11. The van der Waals surface area contributed by atoms with Crippen LogP contribution < -0.4 is 10.0 Å². The van der Waals surface area contributed by atoms with Crippen molar-refractivity contribution in [2.45, 2.75) is 55.6 Å². The Balaban J connectivity index is 1.81. The molecule has 21 heavy (non-hydrogen) atoms. The Bertz CT molecular complexity index is 615. The van der Waals surface area contributed by atoms with Gasteiger partial charge in [0.1, 0.15) is 0 Å². The van der Waals surface area contributed by atoms with Crippen molar-refractivity contribution >= 4 is 15.7 Å². The lowest BCUT2D eigenvalue weighted by Crippen LogP contribution is -2.44. The van der Waals surface area contributed by atoms with Gasteiger partial charge in [-0.25, -0.2) is 13.1 Å². The van der Waals surface area contributed by atoms with E-state index < -0.39 is 16.1 Å². The first-order chi connectivity index (χ1) is 10.1. The lowest BCUT2D eigenvalue weighted by atomic mass is 9.93. The minimum absolute atomic E-state index is 0.272. The maximum Gasteiger partial charge on any atom is 0.240 e. The molecule has 3 rings (SSSR count). The number of aliphatic hydroxyl groups is 1. The van der Waals surface area contributed by atoms with Gasteiger partial charge in [0.25, 0.3) is 0 Å². The first-order valence-electron chi connectivity index (χ1n) is 7.63. The van der Waals surface area contributed by atoms with Crippen molar-refractivity contribution in [1.82, 2.24) is 4.72 Å². The average molecular weight is 310 g/mol. The molecule has 1 saturated carbocycles. The van der Waals surface area contributed by atoms with Gasteiger partial charge in [0.15, 0.2) is 0 Å². The van der Waals surface area contributed by atoms with Gasteiger partial charge in [-0.1, -0.05) is 18.9 Å². The number of hydrogen-bond acceptors (Lipinski definition) is 4. The van der Waals surface area contributed by atoms with Crippen LogP contribution in [0.2, 0.25) is 0 Å². The zero-order valence-corrected chi connectivity index (χ0v) is 12.8. The monoisotopic (exact) mass is 310 g/mol. The highest BCUT2D eigenvalue weighted by atomic mass is 32.2. The Labute approximate surface area is 125 Å². The van der Waals surface area contributed by atoms with Crippen LogP contribution in [0.25, 0.3) is 0 Å². The summed E-state index contributed by atoms with van der Waals surface area (Å²) >= 11 is 0. The first-order valence-corrected chi connectivity index (χ1v) is 9.12. The molecule has 2 aliphatic rings. The maximum atomic E-state index is 12.5. The number of fused-ring (bicyclic) bond motifs is 1. The van der Waals surface area contributed by atoms with Crippen LogP contribution in [0.15, 0.2) is 23.1 Å². The molecule has 0 amide bonds. The number of hydrogen-bond donors (Lipinski definition) is 3. The fourth-order valence-electron chi connectivity index (χ4n) is 3.12. The van der Waals surface area contributed by atoms with Gasteiger partial charge in [0.2, 0.25) is 10.0 Å². The van der Waals surface area contributed by atoms with Crippen molar-refractivity contribution in [3.63, 3.8) is 0 Å². The molecule has 3 N–H and O–H groups in total. The van der Waals surface area contributed by atoms with E-state index in [1.165, 1.54) is 0 Å². The Kier molecular flexibility index (Phi) is 4.19. The molecule has 1 heterocycles. The van der Waals surface area contributed by atoms with Crippen LogP contribution in [0.4, 0.5) is 5.69 Å². The maximum absolute atomic E-state index is 12.5. The Morgan fingerprint density at radius 1 is 1.19 bits per heavy atom. The van der Waals surface area contributed by atoms with Crippen molar-refractivity contribution < 1.29 is 13.5 Å². The van der Waals surface area contributed by atoms with E-state index in [9.17, 15) is 13.5 Å². The van der Waals surface area contributed by atoms with Gasteiger partial charge < -0.3 is 10.4 Å². The van der Waals surface area contributed by atoms with E-state index in [1.54, 1.807) is 12.1 Å². The van der Waals surface area contributed by atoms with Gasteiger partial charge in [0.05, 0.1) is 11.0 Å². The van der Waals surface area contributed by atoms with Gasteiger partial charge in [-0.3, -0.25) is 0 Å². The number of benzene rings is 1. The van der Waals surface area contributed by atoms with Crippen LogP contribution in [-0.4, -0.2) is 32.2 Å². The third-order valence-corrected chi connectivity index (χ3v) is 5.85. The molecular formula is C15H22N2O3S. The van der Waals surface area contributed by atoms with E-state index in [2.05, 4.69) is 10.0 Å². The molecule has 0 spiro atoms. The van der Waals surface area contributed by atoms with Crippen molar-refractivity contribution in [3.05, 3.63) is 23.8 Å². The summed E-state index contributed by atoms with van der Waals surface area (Å²) in [5, 5.41) is 13.2. The van der Waals surface area contributed by atoms with Crippen molar-refractivity contribution in [2.24, 2.45) is 0 Å². The Morgan fingerprint density at radius 2 is 2.00 bits per heavy atom. The molecule has 6 heteroatoms. The largest absolute Gasteiger partial charge is 0.391 e. The van der Waals surface area contributed by atoms with Gasteiger partial charge >= 0.3 is 0 Å². The number of rotatable bonds is 3. The van der Waals surface area contributed by atoms with Crippen molar-refractivity contribution in [1.29, 1.82) is 0 Å². The number of nitrogens with one attached hydrogen (secondary N) is 2. The van der Waals surface area contributed by atoms with Gasteiger partial charge in [-0.05, 0) is 43.4 Å². The predicted molar refractivity (Wildman–Crippen MR) is 81.8 cm³/mol. The fraction of sp³-hybridized carbons (Fsp3) is 0.600. The van der Waals surface area contributed by atoms with Crippen LogP contribution in [0.5, 0.6) is 0 Å². The van der Waals surface area contributed by atoms with Crippen molar-refractivity contribution in [2.75, 3.05) is 11.9 Å². The molecule has 116 valence electrons. The van der Waals surface area contributed by atoms with E-state index in [-0.39, 0.29) is 10.9 Å². The molecule has 2 unspecified atom stereocenters. The number of sulfonamides is 1. The van der Waals surface area contributed by atoms with Gasteiger partial charge in [0, 0.05) is 18.3 Å². The normalized spacial score (nSPS) is 26.0. The molecule has 0 aromatic heterocycles. The second kappa shape index (κ2) is 5.94. The van der Waals surface area contributed by atoms with Crippen LogP contribution in [-0.2, 0) is 16.4 Å². The van der Waals surface area contributed by atoms with E-state index in [0.29, 0.717) is 12.8 Å². The standard InChI is InChI=1S/C15H22N2O3S/c18-15-6-2-1-5-13(15)17-21(19,20)12-8-7-11-4-3-9-16-14(11)10-12/h7-8,10,13,15-18H,1-6,9H2. The topological polar surface area (TPSA) is 78.4 Å². The van der Waals surface area contributed by atoms with Crippen LogP contribution in [0, 0.1) is 0 Å². The van der Waals surface area contributed by atoms with E-state index in [0.717, 1.165) is 43.5 Å². The number of aliphatic hydroxyl groups excluding tert-OH is 1. The van der Waals surface area contributed by atoms with Gasteiger partial charge in [-0.15, -0.1) is 0 Å². The summed E-state index contributed by atoms with van der Waals surface area (Å²) < 4.78 is 27.6. The van der Waals surface area contributed by atoms with E-state index in [1.807, 2.05) is 6.07 Å². The highest BCUT2D eigenvalue weighted by Crippen LogP contribution is 2.26. The zero-order chi connectivity index (χ0) is 14.9. The summed E-state index contributed by atoms with van der Waals surface area (Å²) in [6.07, 6.45) is 4.76. The predicted octanol–water partition coefficient (Wildman–Crippen LogP) is 1.63. The summed E-state index contributed by atoms with van der Waals surface area (Å²) in [6, 6.07) is 4.87. The summed E-state index contributed by atoms with van der Waals surface area (Å²) in [4.78, 5) is 0.272. The molecule has 5 nitrogen and oxygen atoms in total. The smallest absolute Gasteiger partial charge is 0.240 e. The molecule has 1 aromatic carbocycles. The van der Waals surface area contributed by atoms with Crippen LogP contribution in [0.1, 0.15) is 37.7 Å². The zero-order valence-electron chi connectivity index (χ0n) is 12.0. The Morgan fingerprint density at radius 3 is 2.81 bits per heavy atom. The van der Waals surface area contributed by atoms with Crippen molar-refractivity contribution in [3.8, 4) is 0 Å². The minimum atomic E-state index is -3.58. The summed E-state index contributed by atoms with van der Waals surface area (Å²) in [5.74, 6) is 0. The molecule has 1 aromatic rings. The summed E-state index contributed by atoms with van der Waals surface area (Å²) in [5.41, 5.74) is 2.08. The van der Waals surface area contributed by atoms with E-state index in [4.69, 9.17) is 0 Å². The second-order valence-electron chi connectivity index (χ2n) is 5.93. The van der Waals surface area contributed by atoms with E-state index >= 15 is 0 Å². The number of aryl methyl sites for hydroxylation is 1. The molecule has 2 atom stereocenters. The summed E-state index contributed by atoms with van der Waals surface area (Å²) in [7, 11) is -3.58. The SMILES string of the molecule is O=S(=O)(NC1CCCCC1O)c1ccc2c(c1)NCCC2. The third-order valence-electron chi connectivity index (χ3n) is 4.37. The quantitative estimate of drug-likeness (QED) is 0.793. The van der Waals surface area contributed by atoms with Gasteiger partial charge in [-0.2, -0.15) is 0 Å². The molecule has 1 aliphatic carbocycles. The lowest BCUT2D eigenvalue weighted by molar-refractivity contribution is 0.101. The first kappa shape index (κ1) is 14.8. The molecular weight excluding hydrogens is 288 g/mol. The number of anilines is 1. The molecule has 1 aliphatic heterocycles. The highest BCUT2D eigenvalue weighted by molar-refractivity contribution is 7.89. The molecule has 0 bridgehead atoms. The molecule has 0 radical (unpaired) electrons. The third kappa shape index (κ3) is 3.22. The molecule has 0 saturated heterocycles. The van der Waals surface area contributed by atoms with Crippen LogP contribution in [0.3, 0.4) is 0 Å². The highest BCUT2D eigenvalue weighted by Gasteiger charge is 2.28. The lowest BCUT2D eigenvalue weighted by Gasteiger charge is -2.28.